The van der Waals surface area contributed by atoms with Crippen LogP contribution in [-0.4, -0.2) is 10.4 Å². The summed E-state index contributed by atoms with van der Waals surface area (Å²) >= 11 is 8.23. The molecule has 3 heteroatoms. The van der Waals surface area contributed by atoms with Crippen molar-refractivity contribution in [3.8, 4) is 0 Å². The topological polar surface area (TPSA) is 12.9 Å². The van der Waals surface area contributed by atoms with Gasteiger partial charge in [0.15, 0.2) is 0 Å². The van der Waals surface area contributed by atoms with Gasteiger partial charge < -0.3 is 0 Å². The van der Waals surface area contributed by atoms with Crippen LogP contribution in [0.25, 0.3) is 0 Å². The van der Waals surface area contributed by atoms with Gasteiger partial charge in [0.25, 0.3) is 0 Å². The Balaban J connectivity index is 1.93. The molecule has 1 fully saturated rings. The Bertz CT molecular complexity index is 350. The Morgan fingerprint density at radius 3 is 2.94 bits per heavy atom. The minimum Gasteiger partial charge on any atom is -0.247 e. The number of thiazole rings is 1. The van der Waals surface area contributed by atoms with Gasteiger partial charge in [-0.3, -0.25) is 0 Å². The first-order valence-electron chi connectivity index (χ1n) is 6.74. The number of aromatic nitrogens is 1. The van der Waals surface area contributed by atoms with Crippen molar-refractivity contribution in [1.29, 1.82) is 0 Å². The third-order valence-corrected chi connectivity index (χ3v) is 5.23. The van der Waals surface area contributed by atoms with E-state index in [0.29, 0.717) is 11.3 Å². The molecular weight excluding hydrogens is 250 g/mol. The highest BCUT2D eigenvalue weighted by molar-refractivity contribution is 7.09. The van der Waals surface area contributed by atoms with Gasteiger partial charge in [-0.1, -0.05) is 19.8 Å². The van der Waals surface area contributed by atoms with Crippen LogP contribution in [0.5, 0.6) is 0 Å². The summed E-state index contributed by atoms with van der Waals surface area (Å²) in [5, 5.41) is 3.74. The smallest absolute Gasteiger partial charge is 0.0897 e. The number of alkyl halides is 1. The summed E-state index contributed by atoms with van der Waals surface area (Å²) in [5.41, 5.74) is 1.25. The molecule has 1 aliphatic carbocycles. The fourth-order valence-corrected chi connectivity index (χ4v) is 3.92. The Hall–Kier alpha value is -0.0800. The molecule has 1 aromatic rings. The molecule has 1 saturated carbocycles. The van der Waals surface area contributed by atoms with Crippen molar-refractivity contribution in [2.75, 3.05) is 0 Å². The van der Waals surface area contributed by atoms with Gasteiger partial charge in [0.2, 0.25) is 0 Å². The maximum Gasteiger partial charge on any atom is 0.0897 e. The van der Waals surface area contributed by atoms with Crippen LogP contribution >= 0.6 is 22.9 Å². The lowest BCUT2D eigenvalue weighted by molar-refractivity contribution is 0.256. The summed E-state index contributed by atoms with van der Waals surface area (Å²) in [6, 6.07) is 0. The van der Waals surface area contributed by atoms with E-state index in [4.69, 9.17) is 11.6 Å². The van der Waals surface area contributed by atoms with E-state index in [0.717, 1.165) is 12.3 Å². The van der Waals surface area contributed by atoms with Crippen LogP contribution in [0.1, 0.15) is 49.7 Å². The SMILES string of the molecule is CCCC1CCC(Cl)C(Cc2csc(C)n2)C1. The van der Waals surface area contributed by atoms with Gasteiger partial charge in [0.05, 0.1) is 10.7 Å². The molecule has 0 amide bonds. The molecule has 0 spiro atoms. The van der Waals surface area contributed by atoms with Crippen LogP contribution in [0, 0.1) is 18.8 Å². The van der Waals surface area contributed by atoms with Crippen molar-refractivity contribution in [2.24, 2.45) is 11.8 Å². The van der Waals surface area contributed by atoms with E-state index in [-0.39, 0.29) is 0 Å². The van der Waals surface area contributed by atoms with E-state index < -0.39 is 0 Å². The monoisotopic (exact) mass is 271 g/mol. The van der Waals surface area contributed by atoms with Crippen molar-refractivity contribution in [3.05, 3.63) is 16.1 Å². The lowest BCUT2D eigenvalue weighted by atomic mass is 9.77. The first-order valence-corrected chi connectivity index (χ1v) is 8.05. The Morgan fingerprint density at radius 2 is 2.29 bits per heavy atom. The predicted molar refractivity (Wildman–Crippen MR) is 75.9 cm³/mol. The predicted octanol–water partition coefficient (Wildman–Crippen LogP) is 4.82. The second-order valence-electron chi connectivity index (χ2n) is 5.31. The number of aryl methyl sites for hydroxylation is 1. The van der Waals surface area contributed by atoms with E-state index >= 15 is 0 Å². The molecule has 1 aliphatic rings. The third-order valence-electron chi connectivity index (χ3n) is 3.83. The second-order valence-corrected chi connectivity index (χ2v) is 6.93. The highest BCUT2D eigenvalue weighted by atomic mass is 35.5. The zero-order chi connectivity index (χ0) is 12.3. The van der Waals surface area contributed by atoms with Gasteiger partial charge >= 0.3 is 0 Å². The van der Waals surface area contributed by atoms with Crippen molar-refractivity contribution in [1.82, 2.24) is 4.98 Å². The van der Waals surface area contributed by atoms with Gasteiger partial charge in [-0.2, -0.15) is 0 Å². The number of nitrogens with zero attached hydrogens (tertiary/aromatic N) is 1. The summed E-state index contributed by atoms with van der Waals surface area (Å²) in [6.07, 6.45) is 7.59. The van der Waals surface area contributed by atoms with E-state index in [1.165, 1.54) is 42.8 Å². The maximum absolute atomic E-state index is 6.48. The van der Waals surface area contributed by atoms with Gasteiger partial charge in [-0.25, -0.2) is 4.98 Å². The number of halogens is 1. The molecule has 1 nitrogen and oxygen atoms in total. The molecule has 0 aliphatic heterocycles. The molecule has 2 rings (SSSR count). The van der Waals surface area contributed by atoms with E-state index in [1.54, 1.807) is 11.3 Å². The third kappa shape index (κ3) is 3.69. The molecule has 96 valence electrons. The first-order chi connectivity index (χ1) is 8.19. The molecule has 0 radical (unpaired) electrons. The molecule has 3 unspecified atom stereocenters. The molecule has 0 aromatic carbocycles. The van der Waals surface area contributed by atoms with Gasteiger partial charge in [0.1, 0.15) is 0 Å². The summed E-state index contributed by atoms with van der Waals surface area (Å²) in [4.78, 5) is 4.57. The summed E-state index contributed by atoms with van der Waals surface area (Å²) in [6.45, 7) is 4.36. The lowest BCUT2D eigenvalue weighted by Gasteiger charge is -2.32. The minimum absolute atomic E-state index is 0.366. The summed E-state index contributed by atoms with van der Waals surface area (Å²) in [7, 11) is 0. The average molecular weight is 272 g/mol. The fraction of sp³-hybridized carbons (Fsp3) is 0.786. The molecule has 1 aromatic heterocycles. The Morgan fingerprint density at radius 1 is 1.47 bits per heavy atom. The van der Waals surface area contributed by atoms with Gasteiger partial charge in [-0.15, -0.1) is 22.9 Å². The van der Waals surface area contributed by atoms with Gasteiger partial charge in [0, 0.05) is 10.8 Å². The Kier molecular flexibility index (Phi) is 4.87. The normalized spacial score (nSPS) is 29.5. The van der Waals surface area contributed by atoms with Crippen LogP contribution in [0.2, 0.25) is 0 Å². The highest BCUT2D eigenvalue weighted by Gasteiger charge is 2.29. The molecule has 17 heavy (non-hydrogen) atoms. The van der Waals surface area contributed by atoms with E-state index in [2.05, 4.69) is 24.2 Å². The molecular formula is C14H22ClNS. The minimum atomic E-state index is 0.366. The van der Waals surface area contributed by atoms with Crippen LogP contribution in [-0.2, 0) is 6.42 Å². The van der Waals surface area contributed by atoms with E-state index in [1.807, 2.05) is 0 Å². The van der Waals surface area contributed by atoms with Crippen LogP contribution < -0.4 is 0 Å². The molecule has 0 N–H and O–H groups in total. The van der Waals surface area contributed by atoms with Crippen LogP contribution in [0.15, 0.2) is 5.38 Å². The van der Waals surface area contributed by atoms with Crippen molar-refractivity contribution in [3.63, 3.8) is 0 Å². The molecule has 1 heterocycles. The van der Waals surface area contributed by atoms with Crippen molar-refractivity contribution < 1.29 is 0 Å². The van der Waals surface area contributed by atoms with Crippen LogP contribution in [0.4, 0.5) is 0 Å². The first kappa shape index (κ1) is 13.4. The molecule has 3 atom stereocenters. The second kappa shape index (κ2) is 6.19. The van der Waals surface area contributed by atoms with Crippen LogP contribution in [0.3, 0.4) is 0 Å². The van der Waals surface area contributed by atoms with Crippen molar-refractivity contribution >= 4 is 22.9 Å². The maximum atomic E-state index is 6.48. The Labute approximate surface area is 114 Å². The zero-order valence-corrected chi connectivity index (χ0v) is 12.4. The number of hydrogen-bond acceptors (Lipinski definition) is 2. The van der Waals surface area contributed by atoms with Crippen molar-refractivity contribution in [2.45, 2.75) is 57.7 Å². The van der Waals surface area contributed by atoms with Gasteiger partial charge in [-0.05, 0) is 44.4 Å². The molecule has 0 bridgehead atoms. The zero-order valence-electron chi connectivity index (χ0n) is 10.8. The average Bonchev–Trinajstić information content (AvgIpc) is 2.69. The quantitative estimate of drug-likeness (QED) is 0.716. The summed E-state index contributed by atoms with van der Waals surface area (Å²) in [5.74, 6) is 1.54. The lowest BCUT2D eigenvalue weighted by Crippen LogP contribution is -2.27. The standard InChI is InChI=1S/C14H22ClNS/c1-3-4-11-5-6-14(15)12(7-11)8-13-9-17-10(2)16-13/h9,11-12,14H,3-8H2,1-2H3. The van der Waals surface area contributed by atoms with E-state index in [9.17, 15) is 0 Å². The number of rotatable bonds is 4. The number of hydrogen-bond donors (Lipinski definition) is 0. The summed E-state index contributed by atoms with van der Waals surface area (Å²) < 4.78 is 0. The highest BCUT2D eigenvalue weighted by Crippen LogP contribution is 2.36. The molecule has 0 saturated heterocycles. The largest absolute Gasteiger partial charge is 0.247 e. The fourth-order valence-electron chi connectivity index (χ4n) is 2.98.